The third-order valence-corrected chi connectivity index (χ3v) is 9.75. The number of likely N-dealkylation sites (N-methyl/N-ethyl adjacent to an activating group) is 1. The second-order valence-corrected chi connectivity index (χ2v) is 16.7. The van der Waals surface area contributed by atoms with E-state index in [0.29, 0.717) is 24.1 Å². The van der Waals surface area contributed by atoms with Crippen molar-refractivity contribution in [2.75, 3.05) is 54.1 Å². The Bertz CT molecular complexity index is 1110. The van der Waals surface area contributed by atoms with E-state index < -0.39 is 19.9 Å². The first-order chi connectivity index (χ1) is 26.6. The van der Waals surface area contributed by atoms with E-state index in [4.69, 9.17) is 18.5 Å². The van der Waals surface area contributed by atoms with Gasteiger partial charge in [-0.05, 0) is 51.4 Å². The van der Waals surface area contributed by atoms with Gasteiger partial charge in [0.25, 0.3) is 7.82 Å². The van der Waals surface area contributed by atoms with E-state index in [1.807, 2.05) is 33.3 Å². The van der Waals surface area contributed by atoms with Gasteiger partial charge in [0.15, 0.2) is 0 Å². The second kappa shape index (κ2) is 38.8. The molecule has 55 heavy (non-hydrogen) atoms. The molecule has 2 atom stereocenters. The van der Waals surface area contributed by atoms with Crippen molar-refractivity contribution < 1.29 is 37.3 Å². The molecule has 9 heteroatoms. The van der Waals surface area contributed by atoms with E-state index in [9.17, 15) is 14.3 Å². The molecular formula is C46H82NO7P. The SMILES string of the molecule is CC/C=C\C/C=C/C/C=C/C/C=C/C/C=C/C/C=C/CCC(=O)O[C@H](COCCCCCCCCCCCCCCCC)COP(=O)([O-])OCC[N+](C)(C)C. The van der Waals surface area contributed by atoms with Gasteiger partial charge in [-0.3, -0.25) is 9.36 Å². The average molecular weight is 792 g/mol. The van der Waals surface area contributed by atoms with E-state index in [1.165, 1.54) is 77.0 Å². The normalized spacial score (nSPS) is 14.5. The van der Waals surface area contributed by atoms with Crippen molar-refractivity contribution in [2.45, 2.75) is 161 Å². The molecule has 0 aliphatic carbocycles. The summed E-state index contributed by atoms with van der Waals surface area (Å²) in [6.45, 7) is 5.19. The number of carbonyl (C=O) groups is 1. The van der Waals surface area contributed by atoms with Gasteiger partial charge in [0, 0.05) is 13.0 Å². The molecule has 1 unspecified atom stereocenters. The summed E-state index contributed by atoms with van der Waals surface area (Å²) in [6.07, 6.45) is 49.3. The van der Waals surface area contributed by atoms with Crippen molar-refractivity contribution in [3.8, 4) is 0 Å². The molecule has 0 radical (unpaired) electrons. The summed E-state index contributed by atoms with van der Waals surface area (Å²) in [5, 5.41) is 0. The van der Waals surface area contributed by atoms with Gasteiger partial charge < -0.3 is 27.9 Å². The fourth-order valence-corrected chi connectivity index (χ4v) is 6.18. The van der Waals surface area contributed by atoms with Crippen LogP contribution in [0.25, 0.3) is 0 Å². The second-order valence-electron chi connectivity index (χ2n) is 15.3. The third-order valence-electron chi connectivity index (χ3n) is 8.79. The number of esters is 1. The van der Waals surface area contributed by atoms with Crippen molar-refractivity contribution in [3.05, 3.63) is 72.9 Å². The van der Waals surface area contributed by atoms with Crippen LogP contribution >= 0.6 is 7.82 Å². The Kier molecular flexibility index (Phi) is 37.3. The van der Waals surface area contributed by atoms with Crippen LogP contribution < -0.4 is 4.89 Å². The molecule has 0 fully saturated rings. The van der Waals surface area contributed by atoms with Crippen LogP contribution in [0.15, 0.2) is 72.9 Å². The molecule has 0 aromatic heterocycles. The summed E-state index contributed by atoms with van der Waals surface area (Å²) < 4.78 is 34.5. The number of nitrogens with zero attached hydrogens (tertiary/aromatic N) is 1. The summed E-state index contributed by atoms with van der Waals surface area (Å²) in [5.74, 6) is -0.417. The number of hydrogen-bond donors (Lipinski definition) is 0. The van der Waals surface area contributed by atoms with Crippen molar-refractivity contribution in [1.29, 1.82) is 0 Å². The maximum atomic E-state index is 12.6. The number of hydrogen-bond acceptors (Lipinski definition) is 7. The zero-order valence-electron chi connectivity index (χ0n) is 35.8. The first kappa shape index (κ1) is 52.9. The molecule has 0 rings (SSSR count). The molecule has 0 saturated carbocycles. The van der Waals surface area contributed by atoms with Crippen LogP contribution in [0, 0.1) is 0 Å². The number of phosphoric ester groups is 1. The van der Waals surface area contributed by atoms with Gasteiger partial charge in [0.2, 0.25) is 0 Å². The number of phosphoric acid groups is 1. The molecule has 318 valence electrons. The Labute approximate surface area is 338 Å². The third kappa shape index (κ3) is 42.9. The lowest BCUT2D eigenvalue weighted by Crippen LogP contribution is -2.37. The highest BCUT2D eigenvalue weighted by atomic mass is 31.2. The largest absolute Gasteiger partial charge is 0.756 e. The van der Waals surface area contributed by atoms with Crippen molar-refractivity contribution in [3.63, 3.8) is 0 Å². The molecule has 0 saturated heterocycles. The maximum absolute atomic E-state index is 12.6. The number of rotatable bonds is 39. The molecule has 0 aliphatic heterocycles. The Balaban J connectivity index is 4.39. The predicted octanol–water partition coefficient (Wildman–Crippen LogP) is 12.1. The van der Waals surface area contributed by atoms with Crippen LogP contribution in [-0.2, 0) is 27.9 Å². The zero-order valence-corrected chi connectivity index (χ0v) is 36.7. The monoisotopic (exact) mass is 792 g/mol. The highest BCUT2D eigenvalue weighted by Gasteiger charge is 2.20. The van der Waals surface area contributed by atoms with Gasteiger partial charge in [-0.1, -0.05) is 170 Å². The molecule has 0 N–H and O–H groups in total. The number of carbonyl (C=O) groups excluding carboxylic acids is 1. The number of quaternary nitrogens is 1. The lowest BCUT2D eigenvalue weighted by molar-refractivity contribution is -0.870. The molecule has 0 bridgehead atoms. The average Bonchev–Trinajstić information content (AvgIpc) is 3.13. The molecule has 8 nitrogen and oxygen atoms in total. The van der Waals surface area contributed by atoms with E-state index in [0.717, 1.165) is 51.4 Å². The molecule has 0 aliphatic rings. The van der Waals surface area contributed by atoms with Crippen molar-refractivity contribution in [1.82, 2.24) is 0 Å². The van der Waals surface area contributed by atoms with E-state index in [1.54, 1.807) is 0 Å². The smallest absolute Gasteiger partial charge is 0.306 e. The van der Waals surface area contributed by atoms with Crippen LogP contribution in [0.2, 0.25) is 0 Å². The topological polar surface area (TPSA) is 94.1 Å². The Morgan fingerprint density at radius 2 is 1.02 bits per heavy atom. The van der Waals surface area contributed by atoms with Crippen LogP contribution in [-0.4, -0.2) is 70.7 Å². The molecule has 0 spiro atoms. The molecule has 0 aromatic rings. The summed E-state index contributed by atoms with van der Waals surface area (Å²) in [7, 11) is 1.30. The van der Waals surface area contributed by atoms with Gasteiger partial charge in [-0.2, -0.15) is 0 Å². The van der Waals surface area contributed by atoms with E-state index in [-0.39, 0.29) is 26.2 Å². The van der Waals surface area contributed by atoms with Crippen LogP contribution in [0.1, 0.15) is 155 Å². The lowest BCUT2D eigenvalue weighted by Gasteiger charge is -2.28. The van der Waals surface area contributed by atoms with Crippen LogP contribution in [0.5, 0.6) is 0 Å². The first-order valence-corrected chi connectivity index (χ1v) is 23.1. The lowest BCUT2D eigenvalue weighted by atomic mass is 10.0. The van der Waals surface area contributed by atoms with Crippen LogP contribution in [0.3, 0.4) is 0 Å². The number of ether oxygens (including phenoxy) is 2. The minimum Gasteiger partial charge on any atom is -0.756 e. The van der Waals surface area contributed by atoms with Gasteiger partial charge in [-0.25, -0.2) is 0 Å². The van der Waals surface area contributed by atoms with Gasteiger partial charge in [0.05, 0.1) is 34.4 Å². The van der Waals surface area contributed by atoms with E-state index in [2.05, 4.69) is 74.6 Å². The summed E-state index contributed by atoms with van der Waals surface area (Å²) in [4.78, 5) is 25.0. The number of unbranched alkanes of at least 4 members (excludes halogenated alkanes) is 13. The zero-order chi connectivity index (χ0) is 40.6. The maximum Gasteiger partial charge on any atom is 0.306 e. The summed E-state index contributed by atoms with van der Waals surface area (Å²) in [6, 6.07) is 0. The first-order valence-electron chi connectivity index (χ1n) is 21.7. The molecule has 0 amide bonds. The summed E-state index contributed by atoms with van der Waals surface area (Å²) >= 11 is 0. The van der Waals surface area contributed by atoms with Crippen molar-refractivity contribution in [2.24, 2.45) is 0 Å². The fraction of sp³-hybridized carbons (Fsp3) is 0.717. The van der Waals surface area contributed by atoms with Crippen LogP contribution in [0.4, 0.5) is 0 Å². The van der Waals surface area contributed by atoms with Gasteiger partial charge in [-0.15, -0.1) is 0 Å². The Hall–Kier alpha value is -2.06. The standard InChI is InChI=1S/C46H82NO7P/c1-6-8-10-12-14-16-18-20-22-23-24-25-26-27-29-31-33-35-37-39-46(48)54-45(44-53-55(49,50)52-42-40-47(3,4)5)43-51-41-38-36-34-32-30-28-21-19-17-15-13-11-9-7-2/h8,10,14,16,20,22,24-25,27,29,33,35,45H,6-7,9,11-13,15,17-19,21,23,26,28,30-32,34,36-44H2,1-5H3/b10-8-,16-14+,22-20+,25-24+,29-27+,35-33+/t45-/m1/s1. The quantitative estimate of drug-likeness (QED) is 0.0201. The van der Waals surface area contributed by atoms with Gasteiger partial charge in [0.1, 0.15) is 19.3 Å². The fourth-order valence-electron chi connectivity index (χ4n) is 5.45. The highest BCUT2D eigenvalue weighted by Crippen LogP contribution is 2.38. The summed E-state index contributed by atoms with van der Waals surface area (Å²) in [5.41, 5.74) is 0. The minimum absolute atomic E-state index is 0.0102. The van der Waals surface area contributed by atoms with E-state index >= 15 is 0 Å². The predicted molar refractivity (Wildman–Crippen MR) is 231 cm³/mol. The number of allylic oxidation sites excluding steroid dienone is 12. The molecule has 0 heterocycles. The molecule has 0 aromatic carbocycles. The Morgan fingerprint density at radius 3 is 1.47 bits per heavy atom. The Morgan fingerprint density at radius 1 is 0.582 bits per heavy atom. The molecular weight excluding hydrogens is 709 g/mol. The van der Waals surface area contributed by atoms with Crippen molar-refractivity contribution >= 4 is 13.8 Å². The van der Waals surface area contributed by atoms with Gasteiger partial charge >= 0.3 is 5.97 Å². The highest BCUT2D eigenvalue weighted by molar-refractivity contribution is 7.45. The minimum atomic E-state index is -4.55.